The van der Waals surface area contributed by atoms with E-state index in [2.05, 4.69) is 5.32 Å². The highest BCUT2D eigenvalue weighted by Crippen LogP contribution is 2.34. The van der Waals surface area contributed by atoms with E-state index >= 15 is 0 Å². The van der Waals surface area contributed by atoms with Crippen LogP contribution in [0.2, 0.25) is 5.02 Å². The molecule has 0 atom stereocenters. The quantitative estimate of drug-likeness (QED) is 0.862. The Bertz CT molecular complexity index is 378. The normalized spacial score (nSPS) is 17.4. The molecule has 1 aromatic carbocycles. The minimum Gasteiger partial charge on any atom is -0.495 e. The lowest BCUT2D eigenvalue weighted by molar-refractivity contribution is 0.407. The molecule has 1 aromatic rings. The van der Waals surface area contributed by atoms with Crippen molar-refractivity contribution < 1.29 is 9.13 Å². The molecule has 1 aliphatic heterocycles. The van der Waals surface area contributed by atoms with Gasteiger partial charge in [-0.15, -0.1) is 0 Å². The third kappa shape index (κ3) is 2.30. The number of hydrogen-bond acceptors (Lipinski definition) is 2. The van der Waals surface area contributed by atoms with E-state index in [-0.39, 0.29) is 5.02 Å². The molecule has 1 aliphatic rings. The Hall–Kier alpha value is -0.800. The van der Waals surface area contributed by atoms with Crippen molar-refractivity contribution in [3.63, 3.8) is 0 Å². The number of benzene rings is 1. The van der Waals surface area contributed by atoms with Gasteiger partial charge in [0, 0.05) is 0 Å². The van der Waals surface area contributed by atoms with E-state index in [4.69, 9.17) is 16.3 Å². The first-order chi connectivity index (χ1) is 7.72. The van der Waals surface area contributed by atoms with Crippen LogP contribution in [0.4, 0.5) is 4.39 Å². The van der Waals surface area contributed by atoms with Crippen LogP contribution < -0.4 is 10.1 Å². The van der Waals surface area contributed by atoms with Crippen molar-refractivity contribution in [3.8, 4) is 5.75 Å². The van der Waals surface area contributed by atoms with E-state index < -0.39 is 5.82 Å². The lowest BCUT2D eigenvalue weighted by atomic mass is 9.90. The van der Waals surface area contributed by atoms with Gasteiger partial charge in [0.25, 0.3) is 0 Å². The summed E-state index contributed by atoms with van der Waals surface area (Å²) in [6.45, 7) is 1.97. The minimum absolute atomic E-state index is 0.0696. The van der Waals surface area contributed by atoms with Crippen LogP contribution in [-0.2, 0) is 0 Å². The fourth-order valence-corrected chi connectivity index (χ4v) is 2.31. The van der Waals surface area contributed by atoms with Crippen molar-refractivity contribution in [1.82, 2.24) is 5.32 Å². The Morgan fingerprint density at radius 3 is 2.69 bits per heavy atom. The van der Waals surface area contributed by atoms with Crippen LogP contribution in [0.5, 0.6) is 5.75 Å². The average Bonchev–Trinajstić information content (AvgIpc) is 2.33. The summed E-state index contributed by atoms with van der Waals surface area (Å²) in [7, 11) is 1.51. The molecule has 2 rings (SSSR count). The third-order valence-electron chi connectivity index (χ3n) is 3.05. The maximum Gasteiger partial charge on any atom is 0.145 e. The zero-order valence-corrected chi connectivity index (χ0v) is 9.98. The maximum atomic E-state index is 13.6. The summed E-state index contributed by atoms with van der Waals surface area (Å²) >= 11 is 5.79. The highest BCUT2D eigenvalue weighted by molar-refractivity contribution is 6.32. The standard InChI is InChI=1S/C12H15ClFNO/c1-16-11-7-9(6-10(14)12(11)13)8-2-4-15-5-3-8/h6-8,15H,2-5H2,1H3. The van der Waals surface area contributed by atoms with Crippen LogP contribution in [0.15, 0.2) is 12.1 Å². The fourth-order valence-electron chi connectivity index (χ4n) is 2.12. The zero-order chi connectivity index (χ0) is 11.5. The van der Waals surface area contributed by atoms with E-state index in [1.807, 2.05) is 6.07 Å². The number of hydrogen-bond donors (Lipinski definition) is 1. The van der Waals surface area contributed by atoms with Gasteiger partial charge in [-0.25, -0.2) is 4.39 Å². The molecular weight excluding hydrogens is 229 g/mol. The average molecular weight is 244 g/mol. The first-order valence-electron chi connectivity index (χ1n) is 5.46. The molecular formula is C12H15ClFNO. The summed E-state index contributed by atoms with van der Waals surface area (Å²) in [5.74, 6) is 0.437. The molecule has 0 amide bonds. The van der Waals surface area contributed by atoms with Crippen LogP contribution in [0.1, 0.15) is 24.3 Å². The first kappa shape index (κ1) is 11.7. The van der Waals surface area contributed by atoms with Gasteiger partial charge in [-0.1, -0.05) is 11.6 Å². The highest BCUT2D eigenvalue weighted by Gasteiger charge is 2.18. The van der Waals surface area contributed by atoms with Crippen molar-refractivity contribution in [3.05, 3.63) is 28.5 Å². The Morgan fingerprint density at radius 2 is 2.06 bits per heavy atom. The van der Waals surface area contributed by atoms with Gasteiger partial charge in [0.05, 0.1) is 7.11 Å². The lowest BCUT2D eigenvalue weighted by Gasteiger charge is -2.23. The summed E-state index contributed by atoms with van der Waals surface area (Å²) in [5, 5.41) is 3.36. The molecule has 1 heterocycles. The predicted molar refractivity (Wildman–Crippen MR) is 62.8 cm³/mol. The van der Waals surface area contributed by atoms with Crippen molar-refractivity contribution in [2.75, 3.05) is 20.2 Å². The molecule has 0 aromatic heterocycles. The SMILES string of the molecule is COc1cc(C2CCNCC2)cc(F)c1Cl. The Morgan fingerprint density at radius 1 is 1.38 bits per heavy atom. The molecule has 0 bridgehead atoms. The molecule has 16 heavy (non-hydrogen) atoms. The number of rotatable bonds is 2. The van der Waals surface area contributed by atoms with Crippen molar-refractivity contribution in [2.45, 2.75) is 18.8 Å². The molecule has 1 fully saturated rings. The first-order valence-corrected chi connectivity index (χ1v) is 5.84. The van der Waals surface area contributed by atoms with Gasteiger partial charge < -0.3 is 10.1 Å². The Kier molecular flexibility index (Phi) is 3.66. The van der Waals surface area contributed by atoms with Gasteiger partial charge in [-0.05, 0) is 49.5 Å². The van der Waals surface area contributed by atoms with Crippen LogP contribution in [0, 0.1) is 5.82 Å². The minimum atomic E-state index is -0.394. The molecule has 4 heteroatoms. The Balaban J connectivity index is 2.29. The molecule has 0 spiro atoms. The van der Waals surface area contributed by atoms with Crippen molar-refractivity contribution >= 4 is 11.6 Å². The van der Waals surface area contributed by atoms with E-state index in [1.54, 1.807) is 0 Å². The molecule has 1 saturated heterocycles. The maximum absolute atomic E-state index is 13.6. The van der Waals surface area contributed by atoms with Crippen molar-refractivity contribution in [1.29, 1.82) is 0 Å². The van der Waals surface area contributed by atoms with Gasteiger partial charge in [-0.2, -0.15) is 0 Å². The van der Waals surface area contributed by atoms with E-state index in [1.165, 1.54) is 13.2 Å². The summed E-state index contributed by atoms with van der Waals surface area (Å²) in [6, 6.07) is 3.38. The van der Waals surface area contributed by atoms with Gasteiger partial charge >= 0.3 is 0 Å². The second kappa shape index (κ2) is 5.02. The van der Waals surface area contributed by atoms with Gasteiger partial charge in [0.1, 0.15) is 16.6 Å². The van der Waals surface area contributed by atoms with Gasteiger partial charge in [0.15, 0.2) is 0 Å². The summed E-state index contributed by atoms with van der Waals surface area (Å²) in [4.78, 5) is 0. The third-order valence-corrected chi connectivity index (χ3v) is 3.41. The lowest BCUT2D eigenvalue weighted by Crippen LogP contribution is -2.26. The fraction of sp³-hybridized carbons (Fsp3) is 0.500. The van der Waals surface area contributed by atoms with E-state index in [0.29, 0.717) is 11.7 Å². The van der Waals surface area contributed by atoms with E-state index in [9.17, 15) is 4.39 Å². The number of piperidine rings is 1. The Labute approximate surface area is 99.7 Å². The number of halogens is 2. The van der Waals surface area contributed by atoms with Gasteiger partial charge in [-0.3, -0.25) is 0 Å². The molecule has 1 N–H and O–H groups in total. The largest absolute Gasteiger partial charge is 0.495 e. The van der Waals surface area contributed by atoms with Crippen LogP contribution >= 0.6 is 11.6 Å². The predicted octanol–water partition coefficient (Wildman–Crippen LogP) is 2.95. The smallest absolute Gasteiger partial charge is 0.145 e. The monoisotopic (exact) mass is 243 g/mol. The topological polar surface area (TPSA) is 21.3 Å². The summed E-state index contributed by atoms with van der Waals surface area (Å²) in [5.41, 5.74) is 0.986. The van der Waals surface area contributed by atoms with Crippen LogP contribution in [-0.4, -0.2) is 20.2 Å². The number of methoxy groups -OCH3 is 1. The second-order valence-corrected chi connectivity index (χ2v) is 4.42. The summed E-state index contributed by atoms with van der Waals surface area (Å²) in [6.07, 6.45) is 2.06. The number of ether oxygens (including phenoxy) is 1. The molecule has 2 nitrogen and oxygen atoms in total. The van der Waals surface area contributed by atoms with E-state index in [0.717, 1.165) is 31.5 Å². The second-order valence-electron chi connectivity index (χ2n) is 4.04. The molecule has 0 saturated carbocycles. The molecule has 88 valence electrons. The number of nitrogens with one attached hydrogen (secondary N) is 1. The van der Waals surface area contributed by atoms with Gasteiger partial charge in [0.2, 0.25) is 0 Å². The zero-order valence-electron chi connectivity index (χ0n) is 9.22. The molecule has 0 radical (unpaired) electrons. The summed E-state index contributed by atoms with van der Waals surface area (Å²) < 4.78 is 18.6. The molecule has 0 unspecified atom stereocenters. The highest BCUT2D eigenvalue weighted by atomic mass is 35.5. The van der Waals surface area contributed by atoms with Crippen molar-refractivity contribution in [2.24, 2.45) is 0 Å². The molecule has 0 aliphatic carbocycles. The van der Waals surface area contributed by atoms with Crippen LogP contribution in [0.3, 0.4) is 0 Å². The van der Waals surface area contributed by atoms with Crippen LogP contribution in [0.25, 0.3) is 0 Å².